The van der Waals surface area contributed by atoms with Gasteiger partial charge in [0.2, 0.25) is 0 Å². The Balaban J connectivity index is 1.34. The Hall–Kier alpha value is -2.83. The van der Waals surface area contributed by atoms with Crippen molar-refractivity contribution in [2.24, 2.45) is 0 Å². The number of carbonyl (C=O) groups excluding carboxylic acids is 1. The van der Waals surface area contributed by atoms with Gasteiger partial charge in [0.1, 0.15) is 5.82 Å². The number of pyridine rings is 1. The van der Waals surface area contributed by atoms with Crippen LogP contribution in [0.25, 0.3) is 10.8 Å². The number of carbonyl (C=O) groups is 1. The quantitative estimate of drug-likeness (QED) is 0.585. The number of rotatable bonds is 4. The third-order valence-electron chi connectivity index (χ3n) is 6.86. The number of hydrogen-bond donors (Lipinski definition) is 0. The van der Waals surface area contributed by atoms with Gasteiger partial charge in [0.05, 0.1) is 5.56 Å². The SMILES string of the molecule is CCN1CCN(c2ncc(C(=O)N3CCN(c4cccc(Cl)c4)CC3)c3ccccc23)CC1. The zero-order valence-corrected chi connectivity index (χ0v) is 19.8. The number of halogens is 1. The summed E-state index contributed by atoms with van der Waals surface area (Å²) in [5, 5.41) is 2.79. The highest BCUT2D eigenvalue weighted by Crippen LogP contribution is 2.29. The van der Waals surface area contributed by atoms with Gasteiger partial charge in [0.25, 0.3) is 5.91 Å². The number of nitrogens with zero attached hydrogens (tertiary/aromatic N) is 5. The maximum absolute atomic E-state index is 13.5. The lowest BCUT2D eigenvalue weighted by atomic mass is 10.0. The summed E-state index contributed by atoms with van der Waals surface area (Å²) in [4.78, 5) is 27.4. The lowest BCUT2D eigenvalue weighted by Gasteiger charge is -2.37. The summed E-state index contributed by atoms with van der Waals surface area (Å²) in [7, 11) is 0. The molecule has 1 aromatic heterocycles. The van der Waals surface area contributed by atoms with Gasteiger partial charge in [-0.3, -0.25) is 4.79 Å². The van der Waals surface area contributed by atoms with Crippen LogP contribution in [0.1, 0.15) is 17.3 Å². The van der Waals surface area contributed by atoms with Crippen LogP contribution in [-0.2, 0) is 0 Å². The predicted octanol–water partition coefficient (Wildman–Crippen LogP) is 3.99. The van der Waals surface area contributed by atoms with Crippen LogP contribution in [0.5, 0.6) is 0 Å². The van der Waals surface area contributed by atoms with E-state index in [0.717, 1.165) is 73.1 Å². The minimum Gasteiger partial charge on any atom is -0.368 e. The summed E-state index contributed by atoms with van der Waals surface area (Å²) in [6, 6.07) is 16.1. The molecule has 2 fully saturated rings. The Labute approximate surface area is 200 Å². The summed E-state index contributed by atoms with van der Waals surface area (Å²) < 4.78 is 0. The molecule has 2 aliphatic heterocycles. The van der Waals surface area contributed by atoms with E-state index in [9.17, 15) is 4.79 Å². The van der Waals surface area contributed by atoms with Crippen molar-refractivity contribution in [1.29, 1.82) is 0 Å². The Morgan fingerprint density at radius 1 is 0.879 bits per heavy atom. The van der Waals surface area contributed by atoms with Crippen LogP contribution in [-0.4, -0.2) is 79.6 Å². The molecule has 0 bridgehead atoms. The molecule has 0 spiro atoms. The first-order valence-corrected chi connectivity index (χ1v) is 12.2. The first-order valence-electron chi connectivity index (χ1n) is 11.8. The van der Waals surface area contributed by atoms with Gasteiger partial charge in [-0.1, -0.05) is 48.9 Å². The van der Waals surface area contributed by atoms with Gasteiger partial charge in [-0.15, -0.1) is 0 Å². The zero-order chi connectivity index (χ0) is 22.8. The Morgan fingerprint density at radius 2 is 1.58 bits per heavy atom. The minimum atomic E-state index is 0.0618. The highest BCUT2D eigenvalue weighted by Gasteiger charge is 2.26. The van der Waals surface area contributed by atoms with E-state index in [4.69, 9.17) is 16.6 Å². The summed E-state index contributed by atoms with van der Waals surface area (Å²) in [6.45, 7) is 10.2. The van der Waals surface area contributed by atoms with Crippen molar-refractivity contribution in [1.82, 2.24) is 14.8 Å². The number of anilines is 2. The molecule has 2 aromatic carbocycles. The predicted molar refractivity (Wildman–Crippen MR) is 136 cm³/mol. The van der Waals surface area contributed by atoms with E-state index in [1.165, 1.54) is 0 Å². The monoisotopic (exact) mass is 463 g/mol. The van der Waals surface area contributed by atoms with Crippen LogP contribution < -0.4 is 9.80 Å². The third-order valence-corrected chi connectivity index (χ3v) is 7.10. The van der Waals surface area contributed by atoms with E-state index in [1.54, 1.807) is 6.20 Å². The molecule has 2 aliphatic rings. The van der Waals surface area contributed by atoms with Crippen LogP contribution in [0.3, 0.4) is 0 Å². The fourth-order valence-corrected chi connectivity index (χ4v) is 5.07. The first-order chi connectivity index (χ1) is 16.1. The number of fused-ring (bicyclic) bond motifs is 1. The van der Waals surface area contributed by atoms with Gasteiger partial charge in [0.15, 0.2) is 0 Å². The third kappa shape index (κ3) is 4.50. The van der Waals surface area contributed by atoms with Crippen molar-refractivity contribution in [3.05, 3.63) is 65.3 Å². The van der Waals surface area contributed by atoms with E-state index in [-0.39, 0.29) is 5.91 Å². The molecule has 172 valence electrons. The molecule has 7 heteroatoms. The molecule has 0 saturated carbocycles. The topological polar surface area (TPSA) is 42.9 Å². The fourth-order valence-electron chi connectivity index (χ4n) is 4.89. The molecule has 3 heterocycles. The molecule has 0 atom stereocenters. The summed E-state index contributed by atoms with van der Waals surface area (Å²) in [5.74, 6) is 1.05. The molecule has 0 N–H and O–H groups in total. The van der Waals surface area contributed by atoms with Gasteiger partial charge in [-0.2, -0.15) is 0 Å². The average molecular weight is 464 g/mol. The Kier molecular flexibility index (Phi) is 6.38. The highest BCUT2D eigenvalue weighted by molar-refractivity contribution is 6.30. The van der Waals surface area contributed by atoms with Crippen LogP contribution >= 0.6 is 11.6 Å². The molecular formula is C26H30ClN5O. The van der Waals surface area contributed by atoms with E-state index in [1.807, 2.05) is 35.2 Å². The maximum atomic E-state index is 13.5. The van der Waals surface area contributed by atoms with Crippen molar-refractivity contribution in [2.45, 2.75) is 6.92 Å². The molecule has 2 saturated heterocycles. The number of hydrogen-bond acceptors (Lipinski definition) is 5. The van der Waals surface area contributed by atoms with Crippen molar-refractivity contribution in [2.75, 3.05) is 68.7 Å². The van der Waals surface area contributed by atoms with E-state index in [0.29, 0.717) is 18.7 Å². The number of likely N-dealkylation sites (N-methyl/N-ethyl adjacent to an activating group) is 1. The van der Waals surface area contributed by atoms with Crippen molar-refractivity contribution >= 4 is 39.8 Å². The van der Waals surface area contributed by atoms with Crippen molar-refractivity contribution < 1.29 is 4.79 Å². The molecule has 0 radical (unpaired) electrons. The Bertz CT molecular complexity index is 1140. The molecule has 0 aliphatic carbocycles. The second-order valence-electron chi connectivity index (χ2n) is 8.72. The highest BCUT2D eigenvalue weighted by atomic mass is 35.5. The largest absolute Gasteiger partial charge is 0.368 e. The van der Waals surface area contributed by atoms with E-state index < -0.39 is 0 Å². The standard InChI is InChI=1S/C26H30ClN5O/c1-2-29-10-12-31(13-11-29)25-23-9-4-3-8-22(23)24(19-28-25)26(33)32-16-14-30(15-17-32)21-7-5-6-20(27)18-21/h3-9,18-19H,2,10-17H2,1H3. The second kappa shape index (κ2) is 9.57. The average Bonchev–Trinajstić information content (AvgIpc) is 2.88. The molecular weight excluding hydrogens is 434 g/mol. The molecule has 1 amide bonds. The molecule has 3 aromatic rings. The summed E-state index contributed by atoms with van der Waals surface area (Å²) in [6.07, 6.45) is 1.79. The van der Waals surface area contributed by atoms with Crippen LogP contribution in [0, 0.1) is 0 Å². The molecule has 6 nitrogen and oxygen atoms in total. The molecule has 0 unspecified atom stereocenters. The smallest absolute Gasteiger partial charge is 0.256 e. The fraction of sp³-hybridized carbons (Fsp3) is 0.385. The number of aromatic nitrogens is 1. The van der Waals surface area contributed by atoms with E-state index >= 15 is 0 Å². The summed E-state index contributed by atoms with van der Waals surface area (Å²) in [5.41, 5.74) is 1.80. The Morgan fingerprint density at radius 3 is 2.27 bits per heavy atom. The van der Waals surface area contributed by atoms with E-state index in [2.05, 4.69) is 39.8 Å². The minimum absolute atomic E-state index is 0.0618. The second-order valence-corrected chi connectivity index (χ2v) is 9.16. The lowest BCUT2D eigenvalue weighted by molar-refractivity contribution is 0.0748. The number of amides is 1. The van der Waals surface area contributed by atoms with Gasteiger partial charge >= 0.3 is 0 Å². The normalized spacial score (nSPS) is 17.6. The van der Waals surface area contributed by atoms with Crippen LogP contribution in [0.15, 0.2) is 54.7 Å². The summed E-state index contributed by atoms with van der Waals surface area (Å²) >= 11 is 6.16. The molecule has 33 heavy (non-hydrogen) atoms. The lowest BCUT2D eigenvalue weighted by Crippen LogP contribution is -2.49. The van der Waals surface area contributed by atoms with Gasteiger partial charge in [-0.25, -0.2) is 4.98 Å². The first kappa shape index (κ1) is 22.0. The van der Waals surface area contributed by atoms with Gasteiger partial charge in [-0.05, 0) is 30.1 Å². The van der Waals surface area contributed by atoms with Crippen molar-refractivity contribution in [3.8, 4) is 0 Å². The number of benzene rings is 2. The van der Waals surface area contributed by atoms with Gasteiger partial charge < -0.3 is 19.6 Å². The van der Waals surface area contributed by atoms with Crippen LogP contribution in [0.2, 0.25) is 5.02 Å². The van der Waals surface area contributed by atoms with Crippen LogP contribution in [0.4, 0.5) is 11.5 Å². The molecule has 5 rings (SSSR count). The maximum Gasteiger partial charge on any atom is 0.256 e. The van der Waals surface area contributed by atoms with Gasteiger partial charge in [0, 0.05) is 74.7 Å². The van der Waals surface area contributed by atoms with Crippen molar-refractivity contribution in [3.63, 3.8) is 0 Å². The number of piperazine rings is 2. The zero-order valence-electron chi connectivity index (χ0n) is 19.1.